The van der Waals surface area contributed by atoms with Crippen LogP contribution in [-0.2, 0) is 9.47 Å². The quantitative estimate of drug-likeness (QED) is 0.588. The lowest BCUT2D eigenvalue weighted by atomic mass is 9.67. The van der Waals surface area contributed by atoms with Gasteiger partial charge in [-0.1, -0.05) is 20.8 Å². The number of phenolic OH excluding ortho intramolecular Hbond substituents is 1. The van der Waals surface area contributed by atoms with Crippen LogP contribution in [0.25, 0.3) is 0 Å². The number of aromatic hydroxyl groups is 1. The largest absolute Gasteiger partial charge is 0.504 e. The Morgan fingerprint density at radius 1 is 1.24 bits per heavy atom. The summed E-state index contributed by atoms with van der Waals surface area (Å²) < 4.78 is 17.2. The number of epoxide rings is 1. The van der Waals surface area contributed by atoms with Crippen LogP contribution < -0.4 is 4.74 Å². The SMILES string of the molecule is COc1cc(C(=O)O[C@H]2C[C@@]3(C)O[C@H]3C[C@]3(C)CC[C@@](O)(C(C)C)[C@H]23)ccc1O. The molecule has 0 aromatic heterocycles. The molecule has 0 amide bonds. The Bertz CT molecular complexity index is 822. The van der Waals surface area contributed by atoms with E-state index in [-0.39, 0.29) is 40.5 Å². The van der Waals surface area contributed by atoms with Crippen LogP contribution >= 0.6 is 0 Å². The minimum absolute atomic E-state index is 0.0298. The number of methoxy groups -OCH3 is 1. The molecule has 2 N–H and O–H groups in total. The number of hydrogen-bond donors (Lipinski definition) is 2. The van der Waals surface area contributed by atoms with E-state index in [4.69, 9.17) is 14.2 Å². The summed E-state index contributed by atoms with van der Waals surface area (Å²) in [7, 11) is 1.44. The van der Waals surface area contributed by atoms with Gasteiger partial charge in [0, 0.05) is 12.3 Å². The molecule has 1 aromatic carbocycles. The van der Waals surface area contributed by atoms with Crippen LogP contribution in [-0.4, -0.2) is 46.7 Å². The fourth-order valence-corrected chi connectivity index (χ4v) is 5.84. The predicted octanol–water partition coefficient (Wildman–Crippen LogP) is 3.68. The van der Waals surface area contributed by atoms with Crippen molar-refractivity contribution in [1.29, 1.82) is 0 Å². The van der Waals surface area contributed by atoms with Crippen molar-refractivity contribution in [2.45, 2.75) is 76.8 Å². The lowest BCUT2D eigenvalue weighted by Gasteiger charge is -2.44. The second-order valence-corrected chi connectivity index (χ2v) is 9.94. The van der Waals surface area contributed by atoms with Gasteiger partial charge in [-0.15, -0.1) is 0 Å². The lowest BCUT2D eigenvalue weighted by molar-refractivity contribution is -0.120. The topological polar surface area (TPSA) is 88.5 Å². The predicted molar refractivity (Wildman–Crippen MR) is 107 cm³/mol. The van der Waals surface area contributed by atoms with Gasteiger partial charge >= 0.3 is 5.97 Å². The highest BCUT2D eigenvalue weighted by molar-refractivity contribution is 5.90. The van der Waals surface area contributed by atoms with Crippen molar-refractivity contribution in [3.63, 3.8) is 0 Å². The van der Waals surface area contributed by atoms with Crippen molar-refractivity contribution in [2.75, 3.05) is 7.11 Å². The Morgan fingerprint density at radius 3 is 2.62 bits per heavy atom. The molecule has 0 spiro atoms. The first-order valence-electron chi connectivity index (χ1n) is 10.5. The van der Waals surface area contributed by atoms with Gasteiger partial charge in [-0.3, -0.25) is 0 Å². The van der Waals surface area contributed by atoms with Crippen molar-refractivity contribution in [2.24, 2.45) is 17.3 Å². The van der Waals surface area contributed by atoms with Crippen molar-refractivity contribution >= 4 is 5.97 Å². The number of carbonyl (C=O) groups excluding carboxylic acids is 1. The number of esters is 1. The van der Waals surface area contributed by atoms with E-state index < -0.39 is 17.7 Å². The van der Waals surface area contributed by atoms with Gasteiger partial charge in [-0.25, -0.2) is 4.79 Å². The summed E-state index contributed by atoms with van der Waals surface area (Å²) in [6, 6.07) is 4.43. The zero-order chi connectivity index (χ0) is 21.2. The van der Waals surface area contributed by atoms with Crippen LogP contribution in [0.4, 0.5) is 0 Å². The highest BCUT2D eigenvalue weighted by atomic mass is 16.6. The molecule has 3 aliphatic rings. The molecular formula is C23H32O6. The number of rotatable bonds is 4. The van der Waals surface area contributed by atoms with Gasteiger partial charge in [-0.2, -0.15) is 0 Å². The number of ether oxygens (including phenoxy) is 3. The van der Waals surface area contributed by atoms with E-state index in [2.05, 4.69) is 13.8 Å². The summed E-state index contributed by atoms with van der Waals surface area (Å²) in [4.78, 5) is 13.0. The maximum absolute atomic E-state index is 13.0. The van der Waals surface area contributed by atoms with Gasteiger partial charge in [0.2, 0.25) is 0 Å². The first-order valence-corrected chi connectivity index (χ1v) is 10.5. The van der Waals surface area contributed by atoms with Crippen molar-refractivity contribution in [3.8, 4) is 11.5 Å². The second-order valence-electron chi connectivity index (χ2n) is 9.94. The van der Waals surface area contributed by atoms with Crippen LogP contribution in [0.3, 0.4) is 0 Å². The molecule has 3 fully saturated rings. The molecule has 2 saturated carbocycles. The molecule has 160 valence electrons. The van der Waals surface area contributed by atoms with Crippen LogP contribution in [0, 0.1) is 17.3 Å². The molecule has 1 aliphatic heterocycles. The Morgan fingerprint density at radius 2 is 1.97 bits per heavy atom. The normalized spacial score (nSPS) is 40.7. The number of aliphatic hydroxyl groups is 1. The summed E-state index contributed by atoms with van der Waals surface area (Å²) in [6.07, 6.45) is 2.76. The minimum Gasteiger partial charge on any atom is -0.504 e. The van der Waals surface area contributed by atoms with Gasteiger partial charge in [0.1, 0.15) is 6.10 Å². The van der Waals surface area contributed by atoms with Crippen LogP contribution in [0.1, 0.15) is 63.7 Å². The summed E-state index contributed by atoms with van der Waals surface area (Å²) in [5, 5.41) is 21.4. The van der Waals surface area contributed by atoms with Gasteiger partial charge in [-0.05, 0) is 55.7 Å². The number of phenols is 1. The summed E-state index contributed by atoms with van der Waals surface area (Å²) in [5.74, 6) is -0.366. The molecular weight excluding hydrogens is 372 g/mol. The van der Waals surface area contributed by atoms with Crippen LogP contribution in [0.5, 0.6) is 11.5 Å². The van der Waals surface area contributed by atoms with E-state index in [0.717, 1.165) is 12.8 Å². The van der Waals surface area contributed by atoms with Crippen molar-refractivity contribution < 1.29 is 29.2 Å². The summed E-state index contributed by atoms with van der Waals surface area (Å²) in [5.41, 5.74) is -1.01. The maximum Gasteiger partial charge on any atom is 0.338 e. The first kappa shape index (κ1) is 20.5. The van der Waals surface area contributed by atoms with E-state index in [9.17, 15) is 15.0 Å². The third-order valence-electron chi connectivity index (χ3n) is 7.72. The molecule has 1 heterocycles. The van der Waals surface area contributed by atoms with E-state index in [1.165, 1.54) is 25.3 Å². The van der Waals surface area contributed by atoms with Gasteiger partial charge in [0.05, 0.1) is 30.0 Å². The highest BCUT2D eigenvalue weighted by Gasteiger charge is 2.68. The first-order chi connectivity index (χ1) is 13.5. The van der Waals surface area contributed by atoms with E-state index in [0.29, 0.717) is 18.4 Å². The number of fused-ring (bicyclic) bond motifs is 2. The Hall–Kier alpha value is -1.79. The number of hydrogen-bond acceptors (Lipinski definition) is 6. The van der Waals surface area contributed by atoms with Gasteiger partial charge in [0.15, 0.2) is 11.5 Å². The lowest BCUT2D eigenvalue weighted by Crippen LogP contribution is -2.50. The highest BCUT2D eigenvalue weighted by Crippen LogP contribution is 2.63. The molecule has 6 heteroatoms. The average Bonchev–Trinajstić information content (AvgIpc) is 3.19. The van der Waals surface area contributed by atoms with Crippen LogP contribution in [0.2, 0.25) is 0 Å². The smallest absolute Gasteiger partial charge is 0.338 e. The van der Waals surface area contributed by atoms with Gasteiger partial charge in [0.25, 0.3) is 0 Å². The zero-order valence-corrected chi connectivity index (χ0v) is 17.9. The van der Waals surface area contributed by atoms with E-state index in [1.54, 1.807) is 0 Å². The van der Waals surface area contributed by atoms with Crippen molar-refractivity contribution in [1.82, 2.24) is 0 Å². The molecule has 1 aromatic rings. The van der Waals surface area contributed by atoms with E-state index >= 15 is 0 Å². The minimum atomic E-state index is -0.876. The third kappa shape index (κ3) is 3.21. The van der Waals surface area contributed by atoms with Gasteiger partial charge < -0.3 is 24.4 Å². The fourth-order valence-electron chi connectivity index (χ4n) is 5.84. The van der Waals surface area contributed by atoms with Crippen molar-refractivity contribution in [3.05, 3.63) is 23.8 Å². The Balaban J connectivity index is 1.67. The fraction of sp³-hybridized carbons (Fsp3) is 0.696. The molecule has 1 saturated heterocycles. The maximum atomic E-state index is 13.0. The third-order valence-corrected chi connectivity index (χ3v) is 7.72. The average molecular weight is 405 g/mol. The molecule has 4 rings (SSSR count). The molecule has 0 bridgehead atoms. The summed E-state index contributed by atoms with van der Waals surface area (Å²) >= 11 is 0. The van der Waals surface area contributed by atoms with Crippen LogP contribution in [0.15, 0.2) is 18.2 Å². The zero-order valence-electron chi connectivity index (χ0n) is 17.9. The monoisotopic (exact) mass is 404 g/mol. The molecule has 0 unspecified atom stereocenters. The molecule has 2 aliphatic carbocycles. The Labute approximate surface area is 172 Å². The standard InChI is InChI=1S/C23H32O6/c1-13(2)23(26)9-8-21(3)12-18-22(4,29-18)11-17(19(21)23)28-20(25)14-6-7-15(24)16(10-14)27-5/h6-7,10,13,17-19,24,26H,8-9,11-12H2,1-5H3/t17-,18-,19+,21-,22+,23+/m0/s1. The number of carbonyl (C=O) groups is 1. The summed E-state index contributed by atoms with van der Waals surface area (Å²) in [6.45, 7) is 8.36. The molecule has 0 radical (unpaired) electrons. The molecule has 6 nitrogen and oxygen atoms in total. The van der Waals surface area contributed by atoms with E-state index in [1.807, 2.05) is 13.8 Å². The Kier molecular flexibility index (Phi) is 4.67. The second kappa shape index (κ2) is 6.61. The molecule has 6 atom stereocenters. The molecule has 29 heavy (non-hydrogen) atoms. The number of benzene rings is 1.